The van der Waals surface area contributed by atoms with Gasteiger partial charge in [-0.25, -0.2) is 9.97 Å². The van der Waals surface area contributed by atoms with Crippen LogP contribution in [0.1, 0.15) is 24.8 Å². The molecule has 5 heteroatoms. The van der Waals surface area contributed by atoms with Crippen LogP contribution >= 0.6 is 0 Å². The number of methoxy groups -OCH3 is 1. The first-order chi connectivity index (χ1) is 10.8. The van der Waals surface area contributed by atoms with Gasteiger partial charge in [0, 0.05) is 25.1 Å². The number of ether oxygens (including phenoxy) is 2. The average Bonchev–Trinajstić information content (AvgIpc) is 3.06. The van der Waals surface area contributed by atoms with E-state index in [9.17, 15) is 0 Å². The molecule has 1 aromatic carbocycles. The Bertz CT molecular complexity index is 616. The van der Waals surface area contributed by atoms with Crippen molar-refractivity contribution < 1.29 is 9.47 Å². The monoisotopic (exact) mass is 299 g/mol. The molecule has 1 saturated heterocycles. The summed E-state index contributed by atoms with van der Waals surface area (Å²) in [5, 5.41) is 0. The fourth-order valence-corrected chi connectivity index (χ4v) is 2.85. The summed E-state index contributed by atoms with van der Waals surface area (Å²) in [4.78, 5) is 10.8. The predicted octanol–water partition coefficient (Wildman–Crippen LogP) is 2.88. The van der Waals surface area contributed by atoms with E-state index in [0.29, 0.717) is 18.4 Å². The smallest absolute Gasteiger partial charge is 0.218 e. The first-order valence-corrected chi connectivity index (χ1v) is 7.64. The molecule has 1 aliphatic rings. The van der Waals surface area contributed by atoms with Crippen molar-refractivity contribution in [1.29, 1.82) is 0 Å². The number of rotatable bonds is 5. The minimum absolute atomic E-state index is 0.524. The van der Waals surface area contributed by atoms with Crippen LogP contribution in [0.4, 0.5) is 5.82 Å². The molecule has 2 heterocycles. The Balaban J connectivity index is 1.69. The zero-order valence-corrected chi connectivity index (χ0v) is 13.0. The van der Waals surface area contributed by atoms with Gasteiger partial charge in [0.2, 0.25) is 5.88 Å². The maximum atomic E-state index is 5.45. The van der Waals surface area contributed by atoms with Crippen LogP contribution in [0.2, 0.25) is 0 Å². The van der Waals surface area contributed by atoms with Crippen LogP contribution in [-0.2, 0) is 0 Å². The Morgan fingerprint density at radius 1 is 1.23 bits per heavy atom. The summed E-state index contributed by atoms with van der Waals surface area (Å²) in [6, 6.07) is 10.3. The lowest BCUT2D eigenvalue weighted by atomic mass is 9.98. The van der Waals surface area contributed by atoms with E-state index in [0.717, 1.165) is 31.1 Å². The summed E-state index contributed by atoms with van der Waals surface area (Å²) in [5.41, 5.74) is 1.35. The van der Waals surface area contributed by atoms with Crippen molar-refractivity contribution in [3.8, 4) is 11.6 Å². The van der Waals surface area contributed by atoms with Gasteiger partial charge in [-0.3, -0.25) is 0 Å². The number of nitrogens with zero attached hydrogens (tertiary/aromatic N) is 3. The molecule has 0 saturated carbocycles. The second kappa shape index (κ2) is 6.64. The molecule has 1 fully saturated rings. The molecule has 0 radical (unpaired) electrons. The summed E-state index contributed by atoms with van der Waals surface area (Å²) in [5.74, 6) is 3.00. The van der Waals surface area contributed by atoms with Crippen LogP contribution in [0, 0.1) is 0 Å². The van der Waals surface area contributed by atoms with Crippen LogP contribution in [0.15, 0.2) is 36.7 Å². The zero-order valence-electron chi connectivity index (χ0n) is 13.0. The molecule has 0 unspecified atom stereocenters. The highest BCUT2D eigenvalue weighted by Crippen LogP contribution is 2.31. The third kappa shape index (κ3) is 3.13. The van der Waals surface area contributed by atoms with Gasteiger partial charge in [0.1, 0.15) is 17.9 Å². The third-order valence-corrected chi connectivity index (χ3v) is 4.02. The third-order valence-electron chi connectivity index (χ3n) is 4.02. The number of anilines is 1. The summed E-state index contributed by atoms with van der Waals surface area (Å²) < 4.78 is 10.7. The highest BCUT2D eigenvalue weighted by molar-refractivity contribution is 5.44. The molecule has 3 rings (SSSR count). The van der Waals surface area contributed by atoms with Gasteiger partial charge in [-0.15, -0.1) is 0 Å². The van der Waals surface area contributed by atoms with E-state index >= 15 is 0 Å². The second-order valence-corrected chi connectivity index (χ2v) is 5.35. The Morgan fingerprint density at radius 3 is 2.77 bits per heavy atom. The highest BCUT2D eigenvalue weighted by Gasteiger charge is 2.25. The van der Waals surface area contributed by atoms with Crippen LogP contribution in [-0.4, -0.2) is 36.8 Å². The van der Waals surface area contributed by atoms with E-state index in [1.165, 1.54) is 5.56 Å². The summed E-state index contributed by atoms with van der Waals surface area (Å²) in [6.07, 6.45) is 2.70. The van der Waals surface area contributed by atoms with Gasteiger partial charge in [-0.1, -0.05) is 12.1 Å². The predicted molar refractivity (Wildman–Crippen MR) is 85.8 cm³/mol. The highest BCUT2D eigenvalue weighted by atomic mass is 16.5. The van der Waals surface area contributed by atoms with Gasteiger partial charge in [-0.05, 0) is 31.0 Å². The summed E-state index contributed by atoms with van der Waals surface area (Å²) >= 11 is 0. The SMILES string of the molecule is CCOc1cc(N2CC[C@H](c3ccc(OC)cc3)C2)ncn1. The fraction of sp³-hybridized carbons (Fsp3) is 0.412. The molecule has 0 aliphatic carbocycles. The Labute approximate surface area is 130 Å². The first kappa shape index (κ1) is 14.6. The van der Waals surface area contributed by atoms with Crippen molar-refractivity contribution in [2.45, 2.75) is 19.3 Å². The minimum atomic E-state index is 0.524. The molecule has 0 N–H and O–H groups in total. The molecule has 2 aromatic rings. The van der Waals surface area contributed by atoms with E-state index in [4.69, 9.17) is 9.47 Å². The normalized spacial score (nSPS) is 17.5. The lowest BCUT2D eigenvalue weighted by Gasteiger charge is -2.18. The average molecular weight is 299 g/mol. The van der Waals surface area contributed by atoms with Gasteiger partial charge in [-0.2, -0.15) is 0 Å². The minimum Gasteiger partial charge on any atom is -0.497 e. The Morgan fingerprint density at radius 2 is 2.05 bits per heavy atom. The second-order valence-electron chi connectivity index (χ2n) is 5.35. The van der Waals surface area contributed by atoms with E-state index < -0.39 is 0 Å². The number of hydrogen-bond acceptors (Lipinski definition) is 5. The van der Waals surface area contributed by atoms with Gasteiger partial charge < -0.3 is 14.4 Å². The van der Waals surface area contributed by atoms with Crippen LogP contribution in [0.25, 0.3) is 0 Å². The maximum Gasteiger partial charge on any atom is 0.218 e. The molecule has 22 heavy (non-hydrogen) atoms. The summed E-state index contributed by atoms with van der Waals surface area (Å²) in [7, 11) is 1.69. The Hall–Kier alpha value is -2.30. The quantitative estimate of drug-likeness (QED) is 0.849. The van der Waals surface area contributed by atoms with Crippen molar-refractivity contribution in [1.82, 2.24) is 9.97 Å². The molecule has 0 amide bonds. The maximum absolute atomic E-state index is 5.45. The lowest BCUT2D eigenvalue weighted by Crippen LogP contribution is -2.20. The molecule has 0 spiro atoms. The topological polar surface area (TPSA) is 47.5 Å². The molecule has 116 valence electrons. The largest absolute Gasteiger partial charge is 0.497 e. The number of hydrogen-bond donors (Lipinski definition) is 0. The molecule has 1 aliphatic heterocycles. The van der Waals surface area contributed by atoms with Gasteiger partial charge in [0.15, 0.2) is 0 Å². The van der Waals surface area contributed by atoms with Crippen LogP contribution in [0.3, 0.4) is 0 Å². The van der Waals surface area contributed by atoms with E-state index in [2.05, 4.69) is 27.0 Å². The van der Waals surface area contributed by atoms with Gasteiger partial charge in [0.05, 0.1) is 13.7 Å². The van der Waals surface area contributed by atoms with E-state index in [1.54, 1.807) is 13.4 Å². The molecular weight excluding hydrogens is 278 g/mol. The van der Waals surface area contributed by atoms with Crippen molar-refractivity contribution >= 4 is 5.82 Å². The molecule has 5 nitrogen and oxygen atoms in total. The van der Waals surface area contributed by atoms with Crippen molar-refractivity contribution in [3.05, 3.63) is 42.2 Å². The molecule has 1 aromatic heterocycles. The van der Waals surface area contributed by atoms with E-state index in [-0.39, 0.29) is 0 Å². The fourth-order valence-electron chi connectivity index (χ4n) is 2.85. The lowest BCUT2D eigenvalue weighted by molar-refractivity contribution is 0.326. The molecular formula is C17H21N3O2. The summed E-state index contributed by atoms with van der Waals surface area (Å²) in [6.45, 7) is 4.54. The molecule has 0 bridgehead atoms. The Kier molecular flexibility index (Phi) is 4.42. The van der Waals surface area contributed by atoms with Gasteiger partial charge >= 0.3 is 0 Å². The molecule has 1 atom stereocenters. The zero-order chi connectivity index (χ0) is 15.4. The first-order valence-electron chi connectivity index (χ1n) is 7.64. The van der Waals surface area contributed by atoms with Crippen molar-refractivity contribution in [2.75, 3.05) is 31.7 Å². The van der Waals surface area contributed by atoms with Crippen molar-refractivity contribution in [3.63, 3.8) is 0 Å². The van der Waals surface area contributed by atoms with Gasteiger partial charge in [0.25, 0.3) is 0 Å². The standard InChI is InChI=1S/C17H21N3O2/c1-3-22-17-10-16(18-12-19-17)20-9-8-14(11-20)13-4-6-15(21-2)7-5-13/h4-7,10,12,14H,3,8-9,11H2,1-2H3/t14-/m0/s1. The van der Waals surface area contributed by atoms with Crippen LogP contribution < -0.4 is 14.4 Å². The number of benzene rings is 1. The number of aromatic nitrogens is 2. The van der Waals surface area contributed by atoms with Crippen molar-refractivity contribution in [2.24, 2.45) is 0 Å². The van der Waals surface area contributed by atoms with E-state index in [1.807, 2.05) is 25.1 Å². The van der Waals surface area contributed by atoms with Crippen LogP contribution in [0.5, 0.6) is 11.6 Å².